The van der Waals surface area contributed by atoms with Crippen LogP contribution in [-0.2, 0) is 18.9 Å². The molecule has 5 heteroatoms. The second-order valence-electron chi connectivity index (χ2n) is 8.42. The normalized spacial score (nSPS) is 13.5. The largest absolute Gasteiger partial charge is 0.357 e. The Labute approximate surface area is 170 Å². The highest BCUT2D eigenvalue weighted by molar-refractivity contribution is 5.80. The minimum Gasteiger partial charge on any atom is -0.357 e. The van der Waals surface area contributed by atoms with Crippen LogP contribution >= 0.6 is 0 Å². The lowest BCUT2D eigenvalue weighted by Gasteiger charge is -2.26. The molecule has 1 atom stereocenters. The maximum absolute atomic E-state index is 4.91. The van der Waals surface area contributed by atoms with Crippen molar-refractivity contribution in [1.29, 1.82) is 0 Å². The van der Waals surface area contributed by atoms with E-state index in [1.54, 1.807) is 0 Å². The third-order valence-electron chi connectivity index (χ3n) is 5.40. The van der Waals surface area contributed by atoms with Crippen molar-refractivity contribution in [3.8, 4) is 0 Å². The summed E-state index contributed by atoms with van der Waals surface area (Å²) in [6.07, 6.45) is 0.928. The maximum Gasteiger partial charge on any atom is 0.191 e. The molecular formula is C23H37N5. The first-order valence-corrected chi connectivity index (χ1v) is 10.3. The van der Waals surface area contributed by atoms with Crippen LogP contribution in [-0.4, -0.2) is 34.9 Å². The van der Waals surface area contributed by atoms with Gasteiger partial charge in [0.15, 0.2) is 5.96 Å². The van der Waals surface area contributed by atoms with Gasteiger partial charge in [-0.2, -0.15) is 5.10 Å². The lowest BCUT2D eigenvalue weighted by atomic mass is 9.82. The van der Waals surface area contributed by atoms with Crippen molar-refractivity contribution in [2.75, 3.05) is 13.1 Å². The molecule has 0 amide bonds. The molecule has 28 heavy (non-hydrogen) atoms. The number of rotatable bonds is 7. The quantitative estimate of drug-likeness (QED) is 0.565. The van der Waals surface area contributed by atoms with E-state index >= 15 is 0 Å². The van der Waals surface area contributed by atoms with Crippen molar-refractivity contribution >= 4 is 5.96 Å². The van der Waals surface area contributed by atoms with E-state index in [1.165, 1.54) is 22.4 Å². The number of aryl methyl sites for hydroxylation is 3. The number of nitrogens with one attached hydrogen (secondary N) is 2. The van der Waals surface area contributed by atoms with Crippen molar-refractivity contribution in [2.24, 2.45) is 12.0 Å². The van der Waals surface area contributed by atoms with Gasteiger partial charge in [0.05, 0.1) is 12.2 Å². The predicted octanol–water partition coefficient (Wildman–Crippen LogP) is 3.81. The Morgan fingerprint density at radius 3 is 2.46 bits per heavy atom. The van der Waals surface area contributed by atoms with Crippen LogP contribution in [0, 0.1) is 20.8 Å². The minimum absolute atomic E-state index is 0.0204. The van der Waals surface area contributed by atoms with Crippen LogP contribution in [0.1, 0.15) is 55.8 Å². The highest BCUT2D eigenvalue weighted by atomic mass is 15.3. The first kappa shape index (κ1) is 22.0. The van der Waals surface area contributed by atoms with Crippen molar-refractivity contribution in [1.82, 2.24) is 20.4 Å². The summed E-state index contributed by atoms with van der Waals surface area (Å²) in [5.74, 6) is 0.871. The second-order valence-corrected chi connectivity index (χ2v) is 8.42. The highest BCUT2D eigenvalue weighted by Gasteiger charge is 2.22. The molecule has 1 heterocycles. The average molecular weight is 384 g/mol. The van der Waals surface area contributed by atoms with Crippen LogP contribution in [0.5, 0.6) is 0 Å². The van der Waals surface area contributed by atoms with Crippen LogP contribution < -0.4 is 10.6 Å². The van der Waals surface area contributed by atoms with Gasteiger partial charge in [-0.25, -0.2) is 0 Å². The van der Waals surface area contributed by atoms with E-state index in [2.05, 4.69) is 88.5 Å². The summed E-state index contributed by atoms with van der Waals surface area (Å²) in [6.45, 7) is 16.8. The summed E-state index contributed by atoms with van der Waals surface area (Å²) in [6, 6.07) is 8.85. The fourth-order valence-corrected chi connectivity index (χ4v) is 3.72. The van der Waals surface area contributed by atoms with Crippen molar-refractivity contribution < 1.29 is 0 Å². The van der Waals surface area contributed by atoms with Crippen LogP contribution in [0.4, 0.5) is 0 Å². The van der Waals surface area contributed by atoms with Gasteiger partial charge < -0.3 is 10.6 Å². The molecule has 5 nitrogen and oxygen atoms in total. The Kier molecular flexibility index (Phi) is 7.28. The Balaban J connectivity index is 2.10. The van der Waals surface area contributed by atoms with E-state index in [9.17, 15) is 0 Å². The van der Waals surface area contributed by atoms with Gasteiger partial charge in [-0.3, -0.25) is 9.67 Å². The summed E-state index contributed by atoms with van der Waals surface area (Å²) >= 11 is 0. The number of nitrogens with zero attached hydrogens (tertiary/aromatic N) is 3. The molecule has 0 saturated carbocycles. The number of benzene rings is 1. The molecule has 1 aromatic heterocycles. The summed E-state index contributed by atoms with van der Waals surface area (Å²) in [7, 11) is 2.00. The second kappa shape index (κ2) is 9.26. The highest BCUT2D eigenvalue weighted by Crippen LogP contribution is 2.26. The molecule has 0 spiro atoms. The molecule has 0 aliphatic heterocycles. The standard InChI is InChI=1S/C23H37N5/c1-9-24-22(25-15-23(6,7)21-13-11-10-12-16(21)2)26-17(3)14-20-18(4)27-28(8)19(20)5/h10-13,17H,9,14-15H2,1-8H3,(H2,24,25,26). The number of aromatic nitrogens is 2. The number of aliphatic imine (C=N–C) groups is 1. The molecule has 0 radical (unpaired) electrons. The zero-order valence-electron chi connectivity index (χ0n) is 18.8. The summed E-state index contributed by atoms with van der Waals surface area (Å²) < 4.78 is 1.96. The van der Waals surface area contributed by atoms with E-state index in [4.69, 9.17) is 4.99 Å². The van der Waals surface area contributed by atoms with Gasteiger partial charge in [-0.1, -0.05) is 38.1 Å². The first-order valence-electron chi connectivity index (χ1n) is 10.3. The summed E-state index contributed by atoms with van der Waals surface area (Å²) in [5.41, 5.74) is 6.30. The van der Waals surface area contributed by atoms with Gasteiger partial charge in [0.1, 0.15) is 0 Å². The van der Waals surface area contributed by atoms with E-state index in [0.29, 0.717) is 0 Å². The van der Waals surface area contributed by atoms with Crippen LogP contribution in [0.25, 0.3) is 0 Å². The molecule has 0 bridgehead atoms. The first-order chi connectivity index (χ1) is 13.2. The van der Waals surface area contributed by atoms with Gasteiger partial charge in [0.2, 0.25) is 0 Å². The van der Waals surface area contributed by atoms with Crippen LogP contribution in [0.15, 0.2) is 29.3 Å². The molecule has 154 valence electrons. The molecule has 1 unspecified atom stereocenters. The minimum atomic E-state index is -0.0204. The van der Waals surface area contributed by atoms with Gasteiger partial charge in [0, 0.05) is 30.7 Å². The van der Waals surface area contributed by atoms with E-state index < -0.39 is 0 Å². The molecule has 0 aliphatic carbocycles. The fraction of sp³-hybridized carbons (Fsp3) is 0.565. The van der Waals surface area contributed by atoms with E-state index in [1.807, 2.05) is 11.7 Å². The number of hydrogen-bond acceptors (Lipinski definition) is 2. The Morgan fingerprint density at radius 2 is 1.89 bits per heavy atom. The summed E-state index contributed by atoms with van der Waals surface area (Å²) in [5, 5.41) is 11.5. The fourth-order valence-electron chi connectivity index (χ4n) is 3.72. The average Bonchev–Trinajstić information content (AvgIpc) is 2.86. The van der Waals surface area contributed by atoms with E-state index in [0.717, 1.165) is 31.2 Å². The zero-order chi connectivity index (χ0) is 20.9. The molecular weight excluding hydrogens is 346 g/mol. The third-order valence-corrected chi connectivity index (χ3v) is 5.40. The van der Waals surface area contributed by atoms with Crippen molar-refractivity contribution in [3.63, 3.8) is 0 Å². The molecule has 1 aromatic carbocycles. The molecule has 0 fully saturated rings. The monoisotopic (exact) mass is 383 g/mol. The lowest BCUT2D eigenvalue weighted by Crippen LogP contribution is -2.44. The van der Waals surface area contributed by atoms with Crippen LogP contribution in [0.3, 0.4) is 0 Å². The maximum atomic E-state index is 4.91. The molecule has 2 N–H and O–H groups in total. The molecule has 2 rings (SSSR count). The number of hydrogen-bond donors (Lipinski definition) is 2. The molecule has 0 aliphatic rings. The van der Waals surface area contributed by atoms with Crippen molar-refractivity contribution in [2.45, 2.75) is 66.3 Å². The molecule has 2 aromatic rings. The predicted molar refractivity (Wildman–Crippen MR) is 119 cm³/mol. The van der Waals surface area contributed by atoms with Gasteiger partial charge >= 0.3 is 0 Å². The molecule has 0 saturated heterocycles. The Morgan fingerprint density at radius 1 is 1.21 bits per heavy atom. The Bertz CT molecular complexity index is 816. The van der Waals surface area contributed by atoms with E-state index in [-0.39, 0.29) is 11.5 Å². The summed E-state index contributed by atoms with van der Waals surface area (Å²) in [4.78, 5) is 4.91. The van der Waals surface area contributed by atoms with Crippen LogP contribution in [0.2, 0.25) is 0 Å². The smallest absolute Gasteiger partial charge is 0.191 e. The third kappa shape index (κ3) is 5.37. The van der Waals surface area contributed by atoms with Gasteiger partial charge in [-0.05, 0) is 57.7 Å². The van der Waals surface area contributed by atoms with Gasteiger partial charge in [-0.15, -0.1) is 0 Å². The van der Waals surface area contributed by atoms with Gasteiger partial charge in [0.25, 0.3) is 0 Å². The number of guanidine groups is 1. The topological polar surface area (TPSA) is 54.2 Å². The Hall–Kier alpha value is -2.30. The zero-order valence-corrected chi connectivity index (χ0v) is 18.8. The SMILES string of the molecule is CCNC(=NCC(C)(C)c1ccccc1C)NC(C)Cc1c(C)nn(C)c1C. The van der Waals surface area contributed by atoms with Crippen molar-refractivity contribution in [3.05, 3.63) is 52.3 Å². The lowest BCUT2D eigenvalue weighted by molar-refractivity contribution is 0.531.